The smallest absolute Gasteiger partial charge is 0.328 e. The maximum Gasteiger partial charge on any atom is 0.328 e. The number of hydrogen-bond acceptors (Lipinski definition) is 5. The van der Waals surface area contributed by atoms with Gasteiger partial charge in [-0.3, -0.25) is 4.79 Å². The number of fused-ring (bicyclic) bond motifs is 2. The highest BCUT2D eigenvalue weighted by atomic mass is 16.5. The van der Waals surface area contributed by atoms with Crippen molar-refractivity contribution in [1.29, 1.82) is 0 Å². The van der Waals surface area contributed by atoms with Crippen molar-refractivity contribution < 1.29 is 23.8 Å². The number of esters is 1. The van der Waals surface area contributed by atoms with E-state index in [0.29, 0.717) is 19.6 Å². The SMILES string of the molecule is COCCOCC(=O)N[C@H](Cc1c2ccccc2cc2ccccc12)C(=O)OC. The molecule has 0 saturated carbocycles. The van der Waals surface area contributed by atoms with E-state index in [9.17, 15) is 9.59 Å². The van der Waals surface area contributed by atoms with Crippen molar-refractivity contribution in [2.24, 2.45) is 0 Å². The lowest BCUT2D eigenvalue weighted by Crippen LogP contribution is -2.44. The molecule has 1 N–H and O–H groups in total. The van der Waals surface area contributed by atoms with E-state index < -0.39 is 12.0 Å². The maximum atomic E-state index is 12.4. The van der Waals surface area contributed by atoms with Crippen LogP contribution in [0.2, 0.25) is 0 Å². The summed E-state index contributed by atoms with van der Waals surface area (Å²) in [5.41, 5.74) is 0.995. The first-order valence-corrected chi connectivity index (χ1v) is 9.47. The van der Waals surface area contributed by atoms with Crippen LogP contribution in [0, 0.1) is 0 Å². The summed E-state index contributed by atoms with van der Waals surface area (Å²) >= 11 is 0. The molecule has 1 amide bonds. The molecule has 0 bridgehead atoms. The molecular formula is C23H25NO5. The van der Waals surface area contributed by atoms with Gasteiger partial charge < -0.3 is 19.5 Å². The Morgan fingerprint density at radius 3 is 2.14 bits per heavy atom. The Balaban J connectivity index is 1.89. The van der Waals surface area contributed by atoms with E-state index in [1.807, 2.05) is 48.5 Å². The number of rotatable bonds is 9. The summed E-state index contributed by atoms with van der Waals surface area (Å²) in [5.74, 6) is -0.867. The number of carbonyl (C=O) groups excluding carboxylic acids is 2. The quantitative estimate of drug-likeness (QED) is 0.343. The van der Waals surface area contributed by atoms with Crippen LogP contribution in [-0.2, 0) is 30.2 Å². The number of carbonyl (C=O) groups is 2. The molecule has 0 aliphatic heterocycles. The molecule has 6 nitrogen and oxygen atoms in total. The third-order valence-electron chi connectivity index (χ3n) is 4.78. The maximum absolute atomic E-state index is 12.4. The molecular weight excluding hydrogens is 370 g/mol. The molecule has 0 unspecified atom stereocenters. The Morgan fingerprint density at radius 1 is 0.931 bits per heavy atom. The lowest BCUT2D eigenvalue weighted by Gasteiger charge is -2.19. The van der Waals surface area contributed by atoms with Crippen LogP contribution in [0.3, 0.4) is 0 Å². The van der Waals surface area contributed by atoms with E-state index in [0.717, 1.165) is 27.1 Å². The lowest BCUT2D eigenvalue weighted by molar-refractivity contribution is -0.145. The molecule has 0 aromatic heterocycles. The predicted molar refractivity (Wildman–Crippen MR) is 112 cm³/mol. The van der Waals surface area contributed by atoms with Crippen LogP contribution < -0.4 is 5.32 Å². The number of nitrogens with one attached hydrogen (secondary N) is 1. The van der Waals surface area contributed by atoms with Crippen molar-refractivity contribution in [3.8, 4) is 0 Å². The van der Waals surface area contributed by atoms with Gasteiger partial charge in [0.15, 0.2) is 0 Å². The molecule has 29 heavy (non-hydrogen) atoms. The Bertz CT molecular complexity index is 947. The minimum atomic E-state index is -0.812. The van der Waals surface area contributed by atoms with E-state index in [-0.39, 0.29) is 12.5 Å². The highest BCUT2D eigenvalue weighted by Gasteiger charge is 2.24. The molecule has 0 aliphatic rings. The summed E-state index contributed by atoms with van der Waals surface area (Å²) in [4.78, 5) is 24.7. The van der Waals surface area contributed by atoms with Crippen molar-refractivity contribution in [3.63, 3.8) is 0 Å². The molecule has 0 spiro atoms. The van der Waals surface area contributed by atoms with Gasteiger partial charge in [-0.2, -0.15) is 0 Å². The fraction of sp³-hybridized carbons (Fsp3) is 0.304. The average molecular weight is 395 g/mol. The van der Waals surface area contributed by atoms with Crippen LogP contribution in [0.5, 0.6) is 0 Å². The Morgan fingerprint density at radius 2 is 1.55 bits per heavy atom. The summed E-state index contributed by atoms with van der Waals surface area (Å²) in [6, 6.07) is 17.4. The number of methoxy groups -OCH3 is 2. The van der Waals surface area contributed by atoms with Gasteiger partial charge in [0.2, 0.25) is 5.91 Å². The third kappa shape index (κ3) is 5.10. The van der Waals surface area contributed by atoms with Crippen LogP contribution in [-0.4, -0.2) is 52.0 Å². The largest absolute Gasteiger partial charge is 0.467 e. The Kier molecular flexibility index (Phi) is 7.16. The Labute approximate surface area is 169 Å². The van der Waals surface area contributed by atoms with Gasteiger partial charge in [-0.15, -0.1) is 0 Å². The molecule has 0 aliphatic carbocycles. The Hall–Kier alpha value is -2.96. The van der Waals surface area contributed by atoms with Gasteiger partial charge in [-0.25, -0.2) is 4.79 Å². The van der Waals surface area contributed by atoms with Crippen LogP contribution in [0.4, 0.5) is 0 Å². The highest BCUT2D eigenvalue weighted by Crippen LogP contribution is 2.29. The summed E-state index contributed by atoms with van der Waals surface area (Å²) in [6.45, 7) is 0.559. The van der Waals surface area contributed by atoms with Gasteiger partial charge in [0.25, 0.3) is 0 Å². The van der Waals surface area contributed by atoms with E-state index in [1.165, 1.54) is 7.11 Å². The highest BCUT2D eigenvalue weighted by molar-refractivity contribution is 6.02. The normalized spacial score (nSPS) is 12.1. The summed E-state index contributed by atoms with van der Waals surface area (Å²) in [7, 11) is 2.88. The predicted octanol–water partition coefficient (Wildman–Crippen LogP) is 2.86. The van der Waals surface area contributed by atoms with Gasteiger partial charge >= 0.3 is 5.97 Å². The van der Waals surface area contributed by atoms with Crippen molar-refractivity contribution in [1.82, 2.24) is 5.32 Å². The molecule has 1 atom stereocenters. The van der Waals surface area contributed by atoms with Crippen molar-refractivity contribution in [2.45, 2.75) is 12.5 Å². The van der Waals surface area contributed by atoms with E-state index in [1.54, 1.807) is 7.11 Å². The number of amides is 1. The van der Waals surface area contributed by atoms with Gasteiger partial charge in [0.05, 0.1) is 20.3 Å². The molecule has 3 aromatic carbocycles. The molecule has 6 heteroatoms. The minimum absolute atomic E-state index is 0.146. The second-order valence-electron chi connectivity index (χ2n) is 6.69. The standard InChI is InChI=1S/C23H25NO5/c1-27-11-12-29-15-22(25)24-21(23(26)28-2)14-20-18-9-5-3-7-16(18)13-17-8-4-6-10-19(17)20/h3-10,13,21H,11-12,14-15H2,1-2H3,(H,24,25)/t21-/m1/s1. The first-order valence-electron chi connectivity index (χ1n) is 9.47. The van der Waals surface area contributed by atoms with Gasteiger partial charge in [-0.05, 0) is 33.2 Å². The number of hydrogen-bond donors (Lipinski definition) is 1. The topological polar surface area (TPSA) is 73.9 Å². The molecule has 152 valence electrons. The molecule has 3 rings (SSSR count). The van der Waals surface area contributed by atoms with Gasteiger partial charge in [-0.1, -0.05) is 48.5 Å². The van der Waals surface area contributed by atoms with Crippen molar-refractivity contribution in [3.05, 3.63) is 60.2 Å². The number of benzene rings is 3. The van der Waals surface area contributed by atoms with E-state index in [4.69, 9.17) is 14.2 Å². The minimum Gasteiger partial charge on any atom is -0.467 e. The first kappa shape index (κ1) is 20.8. The van der Waals surface area contributed by atoms with Crippen molar-refractivity contribution in [2.75, 3.05) is 34.0 Å². The van der Waals surface area contributed by atoms with Crippen LogP contribution >= 0.6 is 0 Å². The summed E-state index contributed by atoms with van der Waals surface area (Å²) < 4.78 is 15.1. The van der Waals surface area contributed by atoms with Gasteiger partial charge in [0.1, 0.15) is 12.6 Å². The fourth-order valence-corrected chi connectivity index (χ4v) is 3.41. The zero-order valence-corrected chi connectivity index (χ0v) is 16.6. The van der Waals surface area contributed by atoms with Crippen LogP contribution in [0.1, 0.15) is 5.56 Å². The first-order chi connectivity index (χ1) is 14.1. The molecule has 0 radical (unpaired) electrons. The van der Waals surface area contributed by atoms with Crippen LogP contribution in [0.25, 0.3) is 21.5 Å². The zero-order chi connectivity index (χ0) is 20.6. The number of ether oxygens (including phenoxy) is 3. The molecule has 0 heterocycles. The van der Waals surface area contributed by atoms with Gasteiger partial charge in [0, 0.05) is 13.5 Å². The second-order valence-corrected chi connectivity index (χ2v) is 6.69. The fourth-order valence-electron chi connectivity index (χ4n) is 3.41. The van der Waals surface area contributed by atoms with E-state index in [2.05, 4.69) is 11.4 Å². The third-order valence-corrected chi connectivity index (χ3v) is 4.78. The summed E-state index contributed by atoms with van der Waals surface area (Å²) in [5, 5.41) is 7.00. The average Bonchev–Trinajstić information content (AvgIpc) is 2.75. The van der Waals surface area contributed by atoms with Crippen molar-refractivity contribution >= 4 is 33.4 Å². The summed E-state index contributed by atoms with van der Waals surface area (Å²) in [6.07, 6.45) is 0.318. The molecule has 0 saturated heterocycles. The second kappa shape index (κ2) is 10.0. The molecule has 3 aromatic rings. The zero-order valence-electron chi connectivity index (χ0n) is 16.6. The lowest BCUT2D eigenvalue weighted by atomic mass is 9.92. The van der Waals surface area contributed by atoms with Crippen LogP contribution in [0.15, 0.2) is 54.6 Å². The van der Waals surface area contributed by atoms with E-state index >= 15 is 0 Å². The molecule has 0 fully saturated rings. The monoisotopic (exact) mass is 395 g/mol.